The second kappa shape index (κ2) is 3.90. The molecule has 0 bridgehead atoms. The van der Waals surface area contributed by atoms with E-state index in [1.807, 2.05) is 26.0 Å². The fraction of sp³-hybridized carbons (Fsp3) is 0.143. The first-order valence-corrected chi connectivity index (χ1v) is 5.88. The van der Waals surface area contributed by atoms with Crippen molar-refractivity contribution in [2.75, 3.05) is 0 Å². The lowest BCUT2D eigenvalue weighted by atomic mass is 10.1. The second-order valence-corrected chi connectivity index (χ2v) is 4.76. The number of rotatable bonds is 0. The lowest BCUT2D eigenvalue weighted by Gasteiger charge is -2.35. The molecule has 4 heteroatoms. The van der Waals surface area contributed by atoms with Gasteiger partial charge in [-0.3, -0.25) is 10.1 Å². The predicted molar refractivity (Wildman–Crippen MR) is 69.7 cm³/mol. The molecular weight excluding hydrogens is 228 g/mol. The molecule has 4 nitrogen and oxygen atoms in total. The zero-order valence-corrected chi connectivity index (χ0v) is 10.3. The van der Waals surface area contributed by atoms with Gasteiger partial charge in [0.25, 0.3) is 0 Å². The van der Waals surface area contributed by atoms with Crippen molar-refractivity contribution in [2.45, 2.75) is 13.8 Å². The van der Waals surface area contributed by atoms with Crippen LogP contribution in [0.15, 0.2) is 36.4 Å². The van der Waals surface area contributed by atoms with Gasteiger partial charge in [-0.1, -0.05) is 12.1 Å². The van der Waals surface area contributed by atoms with Gasteiger partial charge in [0.15, 0.2) is 22.7 Å². The molecule has 2 atom stereocenters. The molecule has 92 valence electrons. The molecule has 2 unspecified atom stereocenters. The average Bonchev–Trinajstić information content (AvgIpc) is 2.36. The molecule has 2 aromatic rings. The molecular formula is C14H14N2O2. The first-order valence-electron chi connectivity index (χ1n) is 5.88. The zero-order valence-electron chi connectivity index (χ0n) is 10.3. The van der Waals surface area contributed by atoms with Gasteiger partial charge < -0.3 is 10.4 Å². The number of nitrogens with one attached hydrogen (secondary N) is 2. The van der Waals surface area contributed by atoms with Crippen molar-refractivity contribution in [1.82, 2.24) is 0 Å². The van der Waals surface area contributed by atoms with Crippen LogP contribution < -0.4 is 10.1 Å². The SMILES string of the molecule is Cc1ccc2c(c1)[NH+]([O-])c1ccc(C)cc1[NH+]2[O-]. The zero-order chi connectivity index (χ0) is 12.9. The van der Waals surface area contributed by atoms with Crippen LogP contribution in [0.2, 0.25) is 0 Å². The van der Waals surface area contributed by atoms with Crippen LogP contribution in [0, 0.1) is 24.3 Å². The molecule has 2 N–H and O–H groups in total. The van der Waals surface area contributed by atoms with Gasteiger partial charge in [0, 0.05) is 24.3 Å². The molecule has 2 aromatic carbocycles. The Morgan fingerprint density at radius 1 is 0.667 bits per heavy atom. The van der Waals surface area contributed by atoms with E-state index in [4.69, 9.17) is 0 Å². The minimum atomic E-state index is -0.0525. The highest BCUT2D eigenvalue weighted by Crippen LogP contribution is 2.27. The van der Waals surface area contributed by atoms with Crippen LogP contribution in [0.1, 0.15) is 11.1 Å². The van der Waals surface area contributed by atoms with E-state index in [1.165, 1.54) is 0 Å². The van der Waals surface area contributed by atoms with Crippen molar-refractivity contribution in [2.24, 2.45) is 0 Å². The van der Waals surface area contributed by atoms with E-state index in [9.17, 15) is 10.4 Å². The van der Waals surface area contributed by atoms with Crippen LogP contribution in [0.3, 0.4) is 0 Å². The van der Waals surface area contributed by atoms with Gasteiger partial charge in [-0.05, 0) is 25.0 Å². The molecule has 0 radical (unpaired) electrons. The monoisotopic (exact) mass is 242 g/mol. The van der Waals surface area contributed by atoms with Gasteiger partial charge in [-0.15, -0.1) is 0 Å². The number of benzene rings is 2. The third-order valence-corrected chi connectivity index (χ3v) is 3.33. The lowest BCUT2D eigenvalue weighted by molar-refractivity contribution is -0.762. The van der Waals surface area contributed by atoms with E-state index in [-0.39, 0.29) is 10.1 Å². The molecule has 0 aliphatic carbocycles. The van der Waals surface area contributed by atoms with Crippen molar-refractivity contribution in [1.29, 1.82) is 0 Å². The molecule has 18 heavy (non-hydrogen) atoms. The highest BCUT2D eigenvalue weighted by atomic mass is 16.5. The van der Waals surface area contributed by atoms with Crippen LogP contribution in [0.5, 0.6) is 0 Å². The molecule has 0 saturated carbocycles. The van der Waals surface area contributed by atoms with Crippen LogP contribution >= 0.6 is 0 Å². The van der Waals surface area contributed by atoms with Gasteiger partial charge in [0.05, 0.1) is 0 Å². The Morgan fingerprint density at radius 3 is 1.44 bits per heavy atom. The number of hydrogen-bond donors (Lipinski definition) is 2. The third kappa shape index (κ3) is 1.55. The molecule has 0 spiro atoms. The van der Waals surface area contributed by atoms with Crippen molar-refractivity contribution < 1.29 is 10.1 Å². The summed E-state index contributed by atoms with van der Waals surface area (Å²) in [5.74, 6) is 0. The summed E-state index contributed by atoms with van der Waals surface area (Å²) in [5, 5.41) is 24.6. The van der Waals surface area contributed by atoms with Gasteiger partial charge in [0.1, 0.15) is 0 Å². The molecule has 0 aromatic heterocycles. The van der Waals surface area contributed by atoms with Crippen molar-refractivity contribution >= 4 is 22.7 Å². The number of hydrogen-bond acceptors (Lipinski definition) is 2. The van der Waals surface area contributed by atoms with Crippen molar-refractivity contribution in [3.63, 3.8) is 0 Å². The van der Waals surface area contributed by atoms with E-state index in [1.54, 1.807) is 24.3 Å². The molecule has 1 heterocycles. The summed E-state index contributed by atoms with van der Waals surface area (Å²) in [5.41, 5.74) is 4.07. The van der Waals surface area contributed by atoms with E-state index < -0.39 is 0 Å². The molecule has 0 amide bonds. The molecule has 1 aliphatic heterocycles. The Balaban J connectivity index is 2.24. The normalized spacial score (nSPS) is 21.3. The number of fused-ring (bicyclic) bond motifs is 2. The fourth-order valence-electron chi connectivity index (χ4n) is 2.38. The summed E-state index contributed by atoms with van der Waals surface area (Å²) in [4.78, 5) is 0. The Bertz CT molecular complexity index is 570. The van der Waals surface area contributed by atoms with Gasteiger partial charge in [0.2, 0.25) is 0 Å². The Morgan fingerprint density at radius 2 is 1.06 bits per heavy atom. The highest BCUT2D eigenvalue weighted by Gasteiger charge is 2.30. The topological polar surface area (TPSA) is 55.0 Å². The summed E-state index contributed by atoms with van der Waals surface area (Å²) in [6, 6.07) is 10.8. The van der Waals surface area contributed by atoms with Gasteiger partial charge in [-0.25, -0.2) is 0 Å². The summed E-state index contributed by atoms with van der Waals surface area (Å²) < 4.78 is 0. The van der Waals surface area contributed by atoms with Gasteiger partial charge >= 0.3 is 0 Å². The summed E-state index contributed by atoms with van der Waals surface area (Å²) in [7, 11) is 0. The smallest absolute Gasteiger partial charge is 0.198 e. The Labute approximate surface area is 105 Å². The average molecular weight is 242 g/mol. The Hall–Kier alpha value is -1.72. The maximum atomic E-state index is 12.4. The largest absolute Gasteiger partial charge is 0.623 e. The first-order chi connectivity index (χ1) is 8.58. The highest BCUT2D eigenvalue weighted by molar-refractivity contribution is 5.66. The van der Waals surface area contributed by atoms with E-state index >= 15 is 0 Å². The standard InChI is InChI=1S/C14H14N2O2/c1-9-3-5-11-13(7-9)15(17)12-6-4-10(2)8-14(12)16(11)18/h3-8,15-16H,1-2H3. The summed E-state index contributed by atoms with van der Waals surface area (Å²) >= 11 is 0. The predicted octanol–water partition coefficient (Wildman–Crippen LogP) is 1.31. The summed E-state index contributed by atoms with van der Waals surface area (Å²) in [6.45, 7) is 3.84. The second-order valence-electron chi connectivity index (χ2n) is 4.76. The fourth-order valence-corrected chi connectivity index (χ4v) is 2.38. The molecule has 1 aliphatic rings. The van der Waals surface area contributed by atoms with E-state index in [0.29, 0.717) is 22.7 Å². The molecule has 0 saturated heterocycles. The summed E-state index contributed by atoms with van der Waals surface area (Å²) in [6.07, 6.45) is 0. The minimum Gasteiger partial charge on any atom is -0.623 e. The Kier molecular flexibility index (Phi) is 2.46. The number of aryl methyl sites for hydroxylation is 2. The van der Waals surface area contributed by atoms with Crippen LogP contribution in [0.25, 0.3) is 0 Å². The van der Waals surface area contributed by atoms with Gasteiger partial charge in [-0.2, -0.15) is 0 Å². The quantitative estimate of drug-likeness (QED) is 0.684. The van der Waals surface area contributed by atoms with Crippen LogP contribution in [-0.2, 0) is 0 Å². The third-order valence-electron chi connectivity index (χ3n) is 3.33. The van der Waals surface area contributed by atoms with Crippen LogP contribution in [-0.4, -0.2) is 0 Å². The maximum absolute atomic E-state index is 12.4. The molecule has 0 fully saturated rings. The maximum Gasteiger partial charge on any atom is 0.198 e. The first kappa shape index (κ1) is 11.4. The van der Waals surface area contributed by atoms with E-state index in [0.717, 1.165) is 11.1 Å². The molecule has 3 rings (SSSR count). The lowest BCUT2D eigenvalue weighted by Crippen LogP contribution is -3.07. The minimum absolute atomic E-state index is 0.0525. The van der Waals surface area contributed by atoms with Crippen molar-refractivity contribution in [3.05, 3.63) is 57.9 Å². The number of quaternary nitrogens is 2. The van der Waals surface area contributed by atoms with E-state index in [2.05, 4.69) is 0 Å². The van der Waals surface area contributed by atoms with Crippen LogP contribution in [0.4, 0.5) is 22.7 Å². The van der Waals surface area contributed by atoms with Crippen molar-refractivity contribution in [3.8, 4) is 0 Å².